The Morgan fingerprint density at radius 3 is 2.68 bits per heavy atom. The zero-order valence-corrected chi connectivity index (χ0v) is 15.3. The molecule has 4 nitrogen and oxygen atoms in total. The molecule has 0 bridgehead atoms. The predicted molar refractivity (Wildman–Crippen MR) is 101 cm³/mol. The van der Waals surface area contributed by atoms with Crippen LogP contribution >= 0.6 is 11.3 Å². The molecule has 2 heterocycles. The highest BCUT2D eigenvalue weighted by Crippen LogP contribution is 2.40. The second kappa shape index (κ2) is 7.10. The first-order valence-corrected chi connectivity index (χ1v) is 9.81. The summed E-state index contributed by atoms with van der Waals surface area (Å²) in [7, 11) is 0. The van der Waals surface area contributed by atoms with Gasteiger partial charge in [-0.2, -0.15) is 4.98 Å². The molecule has 3 aromatic rings. The Bertz CT molecular complexity index is 791. The lowest BCUT2D eigenvalue weighted by Gasteiger charge is -2.31. The van der Waals surface area contributed by atoms with Gasteiger partial charge in [0.2, 0.25) is 11.7 Å². The number of thiophene rings is 1. The molecule has 1 fully saturated rings. The minimum atomic E-state index is 0.0439. The number of hydrogen-bond donors (Lipinski definition) is 1. The quantitative estimate of drug-likeness (QED) is 0.680. The van der Waals surface area contributed by atoms with Crippen LogP contribution in [0.25, 0.3) is 10.7 Å². The zero-order valence-electron chi connectivity index (χ0n) is 14.4. The number of nitrogens with one attached hydrogen (secondary N) is 1. The molecule has 1 saturated carbocycles. The van der Waals surface area contributed by atoms with Gasteiger partial charge in [-0.1, -0.05) is 54.4 Å². The number of aromatic nitrogens is 2. The summed E-state index contributed by atoms with van der Waals surface area (Å²) in [5.41, 5.74) is 1.67. The van der Waals surface area contributed by atoms with E-state index in [-0.39, 0.29) is 11.5 Å². The third kappa shape index (κ3) is 3.39. The van der Waals surface area contributed by atoms with Gasteiger partial charge >= 0.3 is 0 Å². The van der Waals surface area contributed by atoms with Crippen LogP contribution in [0.2, 0.25) is 0 Å². The van der Waals surface area contributed by atoms with Crippen LogP contribution in [0.15, 0.2) is 52.4 Å². The van der Waals surface area contributed by atoms with Crippen LogP contribution in [0.1, 0.15) is 50.1 Å². The molecule has 1 aliphatic carbocycles. The summed E-state index contributed by atoms with van der Waals surface area (Å²) >= 11 is 1.63. The fraction of sp³-hybridized carbons (Fsp3) is 0.400. The Morgan fingerprint density at radius 2 is 1.96 bits per heavy atom. The minimum absolute atomic E-state index is 0.0439. The number of nitrogens with zero attached hydrogens (tertiary/aromatic N) is 2. The highest BCUT2D eigenvalue weighted by molar-refractivity contribution is 7.13. The summed E-state index contributed by atoms with van der Waals surface area (Å²) < 4.78 is 5.49. The predicted octanol–water partition coefficient (Wildman–Crippen LogP) is 4.96. The van der Waals surface area contributed by atoms with E-state index in [1.807, 2.05) is 17.5 Å². The van der Waals surface area contributed by atoms with Gasteiger partial charge in [0.15, 0.2) is 0 Å². The van der Waals surface area contributed by atoms with Crippen molar-refractivity contribution in [1.82, 2.24) is 15.5 Å². The summed E-state index contributed by atoms with van der Waals surface area (Å²) in [6, 6.07) is 15.0. The maximum absolute atomic E-state index is 5.49. The average Bonchev–Trinajstić information content (AvgIpc) is 3.42. The summed E-state index contributed by atoms with van der Waals surface area (Å²) in [6.45, 7) is 3.04. The summed E-state index contributed by atoms with van der Waals surface area (Å²) in [6.07, 6.45) is 5.07. The third-order valence-corrected chi connectivity index (χ3v) is 6.11. The smallest absolute Gasteiger partial charge is 0.243 e. The van der Waals surface area contributed by atoms with Crippen molar-refractivity contribution >= 4 is 11.3 Å². The highest BCUT2D eigenvalue weighted by Gasteiger charge is 2.35. The van der Waals surface area contributed by atoms with Gasteiger partial charge in [0, 0.05) is 12.0 Å². The highest BCUT2D eigenvalue weighted by atomic mass is 32.1. The van der Waals surface area contributed by atoms with E-state index in [1.54, 1.807) is 11.3 Å². The lowest BCUT2D eigenvalue weighted by Crippen LogP contribution is -2.37. The first-order valence-electron chi connectivity index (χ1n) is 8.93. The minimum Gasteiger partial charge on any atom is -0.337 e. The lowest BCUT2D eigenvalue weighted by molar-refractivity contribution is 0.315. The van der Waals surface area contributed by atoms with Crippen LogP contribution in [0.4, 0.5) is 0 Å². The van der Waals surface area contributed by atoms with Crippen LogP contribution in [0.5, 0.6) is 0 Å². The van der Waals surface area contributed by atoms with Gasteiger partial charge in [-0.15, -0.1) is 11.3 Å². The number of hydrogen-bond acceptors (Lipinski definition) is 5. The van der Waals surface area contributed by atoms with Gasteiger partial charge in [0.1, 0.15) is 0 Å². The molecule has 1 aliphatic rings. The first-order chi connectivity index (χ1) is 12.3. The van der Waals surface area contributed by atoms with Gasteiger partial charge in [-0.3, -0.25) is 0 Å². The van der Waals surface area contributed by atoms with E-state index >= 15 is 0 Å². The van der Waals surface area contributed by atoms with Gasteiger partial charge in [-0.05, 0) is 36.8 Å². The Labute approximate surface area is 152 Å². The van der Waals surface area contributed by atoms with E-state index in [1.165, 1.54) is 31.2 Å². The van der Waals surface area contributed by atoms with Crippen molar-refractivity contribution in [2.75, 3.05) is 6.54 Å². The van der Waals surface area contributed by atoms with Crippen LogP contribution in [-0.4, -0.2) is 16.7 Å². The van der Waals surface area contributed by atoms with Gasteiger partial charge in [0.25, 0.3) is 0 Å². The van der Waals surface area contributed by atoms with Crippen LogP contribution in [0.3, 0.4) is 0 Å². The molecule has 5 heteroatoms. The standard InChI is InChI=1S/C20H23N3OS/c1-15(19-22-18(23-24-19)17-10-7-13-25-17)21-14-20(11-5-6-12-20)16-8-3-2-4-9-16/h2-4,7-10,13,15,21H,5-6,11-12,14H2,1H3. The van der Waals surface area contributed by atoms with Crippen molar-refractivity contribution in [3.63, 3.8) is 0 Å². The molecule has 0 aliphatic heterocycles. The molecule has 4 rings (SSSR count). The molecular formula is C20H23N3OS. The zero-order chi connectivity index (χ0) is 17.1. The van der Waals surface area contributed by atoms with Crippen LogP contribution in [0, 0.1) is 0 Å². The van der Waals surface area contributed by atoms with E-state index in [0.717, 1.165) is 11.4 Å². The Hall–Kier alpha value is -1.98. The van der Waals surface area contributed by atoms with Crippen molar-refractivity contribution in [3.8, 4) is 10.7 Å². The molecule has 0 spiro atoms. The van der Waals surface area contributed by atoms with Crippen molar-refractivity contribution in [1.29, 1.82) is 0 Å². The normalized spacial score (nSPS) is 17.6. The third-order valence-electron chi connectivity index (χ3n) is 5.25. The SMILES string of the molecule is CC(NCC1(c2ccccc2)CCCC1)c1nc(-c2cccs2)no1. The molecule has 130 valence electrons. The van der Waals surface area contributed by atoms with E-state index in [9.17, 15) is 0 Å². The molecule has 0 saturated heterocycles. The summed E-state index contributed by atoms with van der Waals surface area (Å²) in [5.74, 6) is 1.34. The summed E-state index contributed by atoms with van der Waals surface area (Å²) in [5, 5.41) is 9.79. The molecule has 0 radical (unpaired) electrons. The summed E-state index contributed by atoms with van der Waals surface area (Å²) in [4.78, 5) is 5.60. The van der Waals surface area contributed by atoms with E-state index < -0.39 is 0 Å². The van der Waals surface area contributed by atoms with Gasteiger partial charge in [-0.25, -0.2) is 0 Å². The second-order valence-electron chi connectivity index (χ2n) is 6.89. The fourth-order valence-electron chi connectivity index (χ4n) is 3.76. The van der Waals surface area contributed by atoms with Crippen LogP contribution < -0.4 is 5.32 Å². The topological polar surface area (TPSA) is 51.0 Å². The molecule has 0 amide bonds. The van der Waals surface area contributed by atoms with Gasteiger partial charge in [0.05, 0.1) is 10.9 Å². The molecule has 25 heavy (non-hydrogen) atoms. The van der Waals surface area contributed by atoms with E-state index in [2.05, 4.69) is 52.7 Å². The van der Waals surface area contributed by atoms with E-state index in [0.29, 0.717) is 11.7 Å². The fourth-order valence-corrected chi connectivity index (χ4v) is 4.41. The molecular weight excluding hydrogens is 330 g/mol. The number of benzene rings is 1. The number of rotatable bonds is 6. The lowest BCUT2D eigenvalue weighted by atomic mass is 9.78. The molecule has 2 aromatic heterocycles. The monoisotopic (exact) mass is 353 g/mol. The maximum Gasteiger partial charge on any atom is 0.243 e. The molecule has 1 N–H and O–H groups in total. The largest absolute Gasteiger partial charge is 0.337 e. The van der Waals surface area contributed by atoms with Crippen molar-refractivity contribution in [2.24, 2.45) is 0 Å². The Kier molecular flexibility index (Phi) is 4.68. The van der Waals surface area contributed by atoms with Crippen LogP contribution in [-0.2, 0) is 5.41 Å². The molecule has 1 unspecified atom stereocenters. The maximum atomic E-state index is 5.49. The van der Waals surface area contributed by atoms with Crippen molar-refractivity contribution in [2.45, 2.75) is 44.1 Å². The van der Waals surface area contributed by atoms with Crippen molar-refractivity contribution in [3.05, 3.63) is 59.3 Å². The average molecular weight is 353 g/mol. The Morgan fingerprint density at radius 1 is 1.16 bits per heavy atom. The molecule has 1 aromatic carbocycles. The second-order valence-corrected chi connectivity index (χ2v) is 7.84. The van der Waals surface area contributed by atoms with Crippen molar-refractivity contribution < 1.29 is 4.52 Å². The van der Waals surface area contributed by atoms with Gasteiger partial charge < -0.3 is 9.84 Å². The van der Waals surface area contributed by atoms with E-state index in [4.69, 9.17) is 4.52 Å². The molecule has 1 atom stereocenters. The Balaban J connectivity index is 1.46. The first kappa shape index (κ1) is 16.5.